The van der Waals surface area contributed by atoms with Crippen LogP contribution in [0.2, 0.25) is 0 Å². The van der Waals surface area contributed by atoms with Crippen LogP contribution in [0.15, 0.2) is 24.3 Å². The number of aryl methyl sites for hydroxylation is 1. The monoisotopic (exact) mass is 288 g/mol. The Kier molecular flexibility index (Phi) is 4.08. The fraction of sp³-hybridized carbons (Fsp3) is 0.529. The Morgan fingerprint density at radius 2 is 1.90 bits per heavy atom. The lowest BCUT2D eigenvalue weighted by molar-refractivity contribution is -0.138. The number of hydrogen-bond donors (Lipinski definition) is 1. The summed E-state index contributed by atoms with van der Waals surface area (Å²) in [6.07, 6.45) is 0.574. The van der Waals surface area contributed by atoms with Gasteiger partial charge in [0.2, 0.25) is 5.91 Å². The molecule has 1 N–H and O–H groups in total. The lowest BCUT2D eigenvalue weighted by Crippen LogP contribution is -2.70. The van der Waals surface area contributed by atoms with Gasteiger partial charge in [0.25, 0.3) is 5.91 Å². The van der Waals surface area contributed by atoms with E-state index in [0.717, 1.165) is 11.3 Å². The summed E-state index contributed by atoms with van der Waals surface area (Å²) in [6, 6.07) is 7.27. The Morgan fingerprint density at radius 1 is 1.29 bits per heavy atom. The van der Waals surface area contributed by atoms with Crippen LogP contribution in [-0.2, 0) is 9.59 Å². The maximum atomic E-state index is 13.0. The van der Waals surface area contributed by atoms with Crippen molar-refractivity contribution in [3.63, 3.8) is 0 Å². The summed E-state index contributed by atoms with van der Waals surface area (Å²) in [7, 11) is 0. The number of carbonyl (C=O) groups excluding carboxylic acids is 2. The molecule has 2 atom stereocenters. The highest BCUT2D eigenvalue weighted by atomic mass is 16.2. The number of nitrogens with one attached hydrogen (secondary N) is 1. The summed E-state index contributed by atoms with van der Waals surface area (Å²) < 4.78 is 0. The van der Waals surface area contributed by atoms with Crippen LogP contribution in [-0.4, -0.2) is 23.4 Å². The molecule has 0 radical (unpaired) electrons. The molecule has 1 saturated heterocycles. The largest absolute Gasteiger partial charge is 0.340 e. The van der Waals surface area contributed by atoms with E-state index in [1.54, 1.807) is 11.8 Å². The van der Waals surface area contributed by atoms with Gasteiger partial charge < -0.3 is 5.32 Å². The molecule has 4 heteroatoms. The number of hydrogen-bond acceptors (Lipinski definition) is 2. The normalized spacial score (nSPS) is 26.2. The highest BCUT2D eigenvalue weighted by Crippen LogP contribution is 2.32. The number of amides is 2. The van der Waals surface area contributed by atoms with Crippen molar-refractivity contribution < 1.29 is 9.59 Å². The topological polar surface area (TPSA) is 49.4 Å². The number of nitrogens with zero attached hydrogens (tertiary/aromatic N) is 1. The van der Waals surface area contributed by atoms with E-state index in [2.05, 4.69) is 5.32 Å². The molecular formula is C17H24N2O2. The average molecular weight is 288 g/mol. The molecule has 4 nitrogen and oxygen atoms in total. The minimum Gasteiger partial charge on any atom is -0.340 e. The second-order valence-electron chi connectivity index (χ2n) is 6.33. The second-order valence-corrected chi connectivity index (χ2v) is 6.33. The highest BCUT2D eigenvalue weighted by molar-refractivity contribution is 6.11. The van der Waals surface area contributed by atoms with Crippen molar-refractivity contribution in [2.45, 2.75) is 52.6 Å². The lowest BCUT2D eigenvalue weighted by Gasteiger charge is -2.45. The molecule has 21 heavy (non-hydrogen) atoms. The molecule has 114 valence electrons. The maximum absolute atomic E-state index is 13.0. The first-order valence-corrected chi connectivity index (χ1v) is 7.53. The van der Waals surface area contributed by atoms with E-state index in [-0.39, 0.29) is 17.7 Å². The third-order valence-electron chi connectivity index (χ3n) is 4.35. The van der Waals surface area contributed by atoms with Gasteiger partial charge in [-0.15, -0.1) is 0 Å². The summed E-state index contributed by atoms with van der Waals surface area (Å²) >= 11 is 0. The molecule has 0 bridgehead atoms. The number of para-hydroxylation sites is 1. The van der Waals surface area contributed by atoms with Crippen LogP contribution in [0, 0.1) is 12.8 Å². The molecule has 1 heterocycles. The second kappa shape index (κ2) is 5.51. The van der Waals surface area contributed by atoms with E-state index in [1.807, 2.05) is 52.0 Å². The average Bonchev–Trinajstić information content (AvgIpc) is 2.43. The zero-order valence-corrected chi connectivity index (χ0v) is 13.4. The molecule has 1 aromatic rings. The molecule has 2 amide bonds. The Hall–Kier alpha value is -1.84. The van der Waals surface area contributed by atoms with E-state index in [0.29, 0.717) is 6.42 Å². The highest BCUT2D eigenvalue weighted by Gasteiger charge is 2.48. The van der Waals surface area contributed by atoms with Crippen molar-refractivity contribution >= 4 is 17.5 Å². The van der Waals surface area contributed by atoms with Crippen LogP contribution in [0.1, 0.15) is 39.7 Å². The van der Waals surface area contributed by atoms with Crippen molar-refractivity contribution in [1.29, 1.82) is 0 Å². The van der Waals surface area contributed by atoms with Crippen LogP contribution < -0.4 is 10.2 Å². The van der Waals surface area contributed by atoms with Gasteiger partial charge in [-0.1, -0.05) is 39.0 Å². The predicted octanol–water partition coefficient (Wildman–Crippen LogP) is 2.65. The first-order chi connectivity index (χ1) is 9.81. The molecule has 1 aromatic carbocycles. The SMILES string of the molecule is CCC1(C)NC(=O)C(C(C)C)N(c2ccccc2C)C1=O. The Labute approximate surface area is 126 Å². The predicted molar refractivity (Wildman–Crippen MR) is 84.1 cm³/mol. The van der Waals surface area contributed by atoms with Gasteiger partial charge in [-0.2, -0.15) is 0 Å². The number of carbonyl (C=O) groups is 2. The molecule has 1 aliphatic heterocycles. The van der Waals surface area contributed by atoms with E-state index >= 15 is 0 Å². The molecular weight excluding hydrogens is 264 g/mol. The molecule has 0 spiro atoms. The fourth-order valence-corrected chi connectivity index (χ4v) is 2.84. The minimum atomic E-state index is -0.829. The van der Waals surface area contributed by atoms with Crippen LogP contribution in [0.5, 0.6) is 0 Å². The van der Waals surface area contributed by atoms with Crippen LogP contribution in [0.25, 0.3) is 0 Å². The lowest BCUT2D eigenvalue weighted by atomic mass is 9.87. The van der Waals surface area contributed by atoms with Crippen molar-refractivity contribution in [1.82, 2.24) is 5.32 Å². The van der Waals surface area contributed by atoms with E-state index < -0.39 is 11.6 Å². The summed E-state index contributed by atoms with van der Waals surface area (Å²) in [5.41, 5.74) is 1.01. The van der Waals surface area contributed by atoms with Gasteiger partial charge in [0.05, 0.1) is 0 Å². The number of anilines is 1. The summed E-state index contributed by atoms with van der Waals surface area (Å²) in [5.74, 6) is -0.0511. The maximum Gasteiger partial charge on any atom is 0.253 e. The van der Waals surface area contributed by atoms with Crippen LogP contribution in [0.3, 0.4) is 0 Å². The molecule has 2 rings (SSSR count). The van der Waals surface area contributed by atoms with E-state index in [9.17, 15) is 9.59 Å². The molecule has 0 saturated carbocycles. The van der Waals surface area contributed by atoms with Gasteiger partial charge in [0.15, 0.2) is 0 Å². The third kappa shape index (κ3) is 2.55. The fourth-order valence-electron chi connectivity index (χ4n) is 2.84. The van der Waals surface area contributed by atoms with Crippen molar-refractivity contribution in [2.75, 3.05) is 4.90 Å². The van der Waals surface area contributed by atoms with Gasteiger partial charge in [-0.3, -0.25) is 14.5 Å². The van der Waals surface area contributed by atoms with Crippen LogP contribution >= 0.6 is 0 Å². The zero-order chi connectivity index (χ0) is 15.8. The van der Waals surface area contributed by atoms with Gasteiger partial charge >= 0.3 is 0 Å². The molecule has 2 unspecified atom stereocenters. The molecule has 0 aromatic heterocycles. The van der Waals surface area contributed by atoms with E-state index in [4.69, 9.17) is 0 Å². The Bertz CT molecular complexity index is 568. The molecule has 0 aliphatic carbocycles. The van der Waals surface area contributed by atoms with Gasteiger partial charge in [0.1, 0.15) is 11.6 Å². The van der Waals surface area contributed by atoms with Gasteiger partial charge in [-0.05, 0) is 37.8 Å². The van der Waals surface area contributed by atoms with Crippen molar-refractivity contribution in [2.24, 2.45) is 5.92 Å². The first-order valence-electron chi connectivity index (χ1n) is 7.53. The minimum absolute atomic E-state index is 0.0300. The number of rotatable bonds is 3. The van der Waals surface area contributed by atoms with Crippen molar-refractivity contribution in [3.8, 4) is 0 Å². The smallest absolute Gasteiger partial charge is 0.253 e. The van der Waals surface area contributed by atoms with Gasteiger partial charge in [-0.25, -0.2) is 0 Å². The zero-order valence-electron chi connectivity index (χ0n) is 13.4. The third-order valence-corrected chi connectivity index (χ3v) is 4.35. The number of benzene rings is 1. The number of piperazine rings is 1. The van der Waals surface area contributed by atoms with Crippen molar-refractivity contribution in [3.05, 3.63) is 29.8 Å². The van der Waals surface area contributed by atoms with E-state index in [1.165, 1.54) is 0 Å². The Balaban J connectivity index is 2.57. The standard InChI is InChI=1S/C17H24N2O2/c1-6-17(5)16(21)19(13-10-8-7-9-12(13)4)14(11(2)3)15(20)18-17/h7-11,14H,6H2,1-5H3,(H,18,20). The quantitative estimate of drug-likeness (QED) is 0.929. The Morgan fingerprint density at radius 3 is 2.43 bits per heavy atom. The summed E-state index contributed by atoms with van der Waals surface area (Å²) in [5, 5.41) is 2.91. The molecule has 1 fully saturated rings. The molecule has 1 aliphatic rings. The van der Waals surface area contributed by atoms with Gasteiger partial charge in [0, 0.05) is 5.69 Å². The first kappa shape index (κ1) is 15.5. The summed E-state index contributed by atoms with van der Waals surface area (Å²) in [6.45, 7) is 9.63. The summed E-state index contributed by atoms with van der Waals surface area (Å²) in [4.78, 5) is 27.2. The van der Waals surface area contributed by atoms with Crippen LogP contribution in [0.4, 0.5) is 5.69 Å².